The molecule has 5 rings (SSSR count). The van der Waals surface area contributed by atoms with Crippen LogP contribution in [0.3, 0.4) is 0 Å². The first-order valence-electron chi connectivity index (χ1n) is 9.07. The van der Waals surface area contributed by atoms with Crippen LogP contribution in [-0.2, 0) is 0 Å². The number of imidazole rings is 1. The maximum atomic E-state index is 4.63. The van der Waals surface area contributed by atoms with Gasteiger partial charge in [0.2, 0.25) is 0 Å². The number of hydrogen-bond acceptors (Lipinski definition) is 4. The molecule has 0 unspecified atom stereocenters. The van der Waals surface area contributed by atoms with Crippen LogP contribution in [-0.4, -0.2) is 24.9 Å². The summed E-state index contributed by atoms with van der Waals surface area (Å²) in [5, 5.41) is 1.05. The van der Waals surface area contributed by atoms with Gasteiger partial charge in [0.15, 0.2) is 0 Å². The van der Waals surface area contributed by atoms with Crippen LogP contribution in [0.4, 0.5) is 0 Å². The molecular weight excluding hydrogens is 346 g/mol. The zero-order valence-corrected chi connectivity index (χ0v) is 15.3. The predicted molar refractivity (Wildman–Crippen MR) is 111 cm³/mol. The Balaban J connectivity index is 1.62. The standard InChI is InChI=1S/C23H17N5/c1-15-5-4-7-21(28-15)23-22(26-14-27-23)16-8-9-20-17(11-16)12-18(13-25-20)19-6-2-3-10-24-19/h2-14H,1H3,(H,26,27). The van der Waals surface area contributed by atoms with Gasteiger partial charge in [-0.3, -0.25) is 15.0 Å². The van der Waals surface area contributed by atoms with Crippen LogP contribution in [0, 0.1) is 6.92 Å². The summed E-state index contributed by atoms with van der Waals surface area (Å²) < 4.78 is 0. The molecule has 0 amide bonds. The summed E-state index contributed by atoms with van der Waals surface area (Å²) in [5.41, 5.74) is 7.51. The Labute approximate surface area is 162 Å². The molecule has 28 heavy (non-hydrogen) atoms. The van der Waals surface area contributed by atoms with Gasteiger partial charge >= 0.3 is 0 Å². The van der Waals surface area contributed by atoms with E-state index in [1.54, 1.807) is 12.5 Å². The molecule has 5 aromatic rings. The van der Waals surface area contributed by atoms with Gasteiger partial charge in [0.25, 0.3) is 0 Å². The average Bonchev–Trinajstić information content (AvgIpc) is 3.23. The number of nitrogens with one attached hydrogen (secondary N) is 1. The van der Waals surface area contributed by atoms with Crippen LogP contribution in [0.5, 0.6) is 0 Å². The first kappa shape index (κ1) is 16.3. The maximum absolute atomic E-state index is 4.63. The molecule has 0 saturated carbocycles. The van der Waals surface area contributed by atoms with E-state index in [0.717, 1.165) is 50.5 Å². The van der Waals surface area contributed by atoms with E-state index in [0.29, 0.717) is 0 Å². The van der Waals surface area contributed by atoms with Crippen LogP contribution in [0.15, 0.2) is 79.4 Å². The minimum atomic E-state index is 0.878. The molecular formula is C23H17N5. The lowest BCUT2D eigenvalue weighted by Gasteiger charge is -2.07. The largest absolute Gasteiger partial charge is 0.343 e. The van der Waals surface area contributed by atoms with Crippen molar-refractivity contribution >= 4 is 10.9 Å². The lowest BCUT2D eigenvalue weighted by atomic mass is 10.0. The van der Waals surface area contributed by atoms with E-state index in [1.807, 2.05) is 61.7 Å². The van der Waals surface area contributed by atoms with Crippen molar-refractivity contribution in [2.75, 3.05) is 0 Å². The fourth-order valence-electron chi connectivity index (χ4n) is 3.34. The van der Waals surface area contributed by atoms with Gasteiger partial charge in [-0.1, -0.05) is 18.2 Å². The molecule has 0 spiro atoms. The topological polar surface area (TPSA) is 67.3 Å². The van der Waals surface area contributed by atoms with Gasteiger partial charge < -0.3 is 4.98 Å². The first-order valence-corrected chi connectivity index (χ1v) is 9.07. The van der Waals surface area contributed by atoms with Crippen molar-refractivity contribution in [2.45, 2.75) is 6.92 Å². The van der Waals surface area contributed by atoms with E-state index in [2.05, 4.69) is 37.1 Å². The van der Waals surface area contributed by atoms with Gasteiger partial charge in [0.05, 0.1) is 34.6 Å². The highest BCUT2D eigenvalue weighted by Crippen LogP contribution is 2.31. The molecule has 0 atom stereocenters. The third-order valence-corrected chi connectivity index (χ3v) is 4.70. The van der Waals surface area contributed by atoms with Crippen LogP contribution in [0.25, 0.3) is 44.8 Å². The van der Waals surface area contributed by atoms with E-state index >= 15 is 0 Å². The van der Waals surface area contributed by atoms with E-state index in [4.69, 9.17) is 0 Å². The minimum Gasteiger partial charge on any atom is -0.343 e. The molecule has 0 saturated heterocycles. The second-order valence-electron chi connectivity index (χ2n) is 6.64. The van der Waals surface area contributed by atoms with Crippen molar-refractivity contribution in [3.8, 4) is 33.9 Å². The number of nitrogens with zero attached hydrogens (tertiary/aromatic N) is 4. The average molecular weight is 363 g/mol. The van der Waals surface area contributed by atoms with Gasteiger partial charge in [0, 0.05) is 34.6 Å². The summed E-state index contributed by atoms with van der Waals surface area (Å²) in [6, 6.07) is 20.2. The van der Waals surface area contributed by atoms with E-state index in [9.17, 15) is 0 Å². The monoisotopic (exact) mass is 363 g/mol. The predicted octanol–water partition coefficient (Wildman–Crippen LogP) is 5.06. The van der Waals surface area contributed by atoms with Crippen molar-refractivity contribution in [3.05, 3.63) is 85.1 Å². The highest BCUT2D eigenvalue weighted by atomic mass is 14.9. The van der Waals surface area contributed by atoms with Crippen LogP contribution >= 0.6 is 0 Å². The number of benzene rings is 1. The summed E-state index contributed by atoms with van der Waals surface area (Å²) in [6.07, 6.45) is 5.36. The van der Waals surface area contributed by atoms with Gasteiger partial charge in [0.1, 0.15) is 0 Å². The second kappa shape index (κ2) is 6.70. The lowest BCUT2D eigenvalue weighted by molar-refractivity contribution is 1.19. The van der Waals surface area contributed by atoms with Crippen molar-refractivity contribution in [2.24, 2.45) is 0 Å². The molecule has 0 fully saturated rings. The fourth-order valence-corrected chi connectivity index (χ4v) is 3.34. The van der Waals surface area contributed by atoms with E-state index in [-0.39, 0.29) is 0 Å². The first-order chi connectivity index (χ1) is 13.8. The number of aromatic amines is 1. The number of hydrogen-bond donors (Lipinski definition) is 1. The van der Waals surface area contributed by atoms with E-state index < -0.39 is 0 Å². The normalized spacial score (nSPS) is 11.0. The molecule has 0 bridgehead atoms. The minimum absolute atomic E-state index is 0.878. The third-order valence-electron chi connectivity index (χ3n) is 4.70. The zero-order valence-electron chi connectivity index (χ0n) is 15.3. The number of H-pyrrole nitrogens is 1. The maximum Gasteiger partial charge on any atom is 0.0977 e. The quantitative estimate of drug-likeness (QED) is 0.487. The number of aryl methyl sites for hydroxylation is 1. The summed E-state index contributed by atoms with van der Waals surface area (Å²) in [6.45, 7) is 1.99. The molecule has 1 N–H and O–H groups in total. The summed E-state index contributed by atoms with van der Waals surface area (Å²) >= 11 is 0. The number of aromatic nitrogens is 5. The number of pyridine rings is 3. The molecule has 0 radical (unpaired) electrons. The molecule has 4 aromatic heterocycles. The number of fused-ring (bicyclic) bond motifs is 1. The SMILES string of the molecule is Cc1cccc(-c2[nH]cnc2-c2ccc3ncc(-c4ccccn4)cc3c2)n1. The molecule has 134 valence electrons. The lowest BCUT2D eigenvalue weighted by Crippen LogP contribution is -1.90. The number of rotatable bonds is 3. The Morgan fingerprint density at radius 1 is 0.786 bits per heavy atom. The van der Waals surface area contributed by atoms with Crippen molar-refractivity contribution < 1.29 is 0 Å². The van der Waals surface area contributed by atoms with Crippen LogP contribution in [0.2, 0.25) is 0 Å². The highest BCUT2D eigenvalue weighted by molar-refractivity contribution is 5.89. The highest BCUT2D eigenvalue weighted by Gasteiger charge is 2.13. The van der Waals surface area contributed by atoms with Gasteiger partial charge in [-0.2, -0.15) is 0 Å². The van der Waals surface area contributed by atoms with E-state index in [1.165, 1.54) is 0 Å². The smallest absolute Gasteiger partial charge is 0.0977 e. The van der Waals surface area contributed by atoms with Gasteiger partial charge in [-0.05, 0) is 49.4 Å². The molecule has 0 aliphatic heterocycles. The van der Waals surface area contributed by atoms with Gasteiger partial charge in [-0.25, -0.2) is 4.98 Å². The third kappa shape index (κ3) is 2.93. The summed E-state index contributed by atoms with van der Waals surface area (Å²) in [4.78, 5) is 21.4. The Morgan fingerprint density at radius 3 is 2.54 bits per heavy atom. The van der Waals surface area contributed by atoms with Crippen LogP contribution < -0.4 is 0 Å². The van der Waals surface area contributed by atoms with Crippen molar-refractivity contribution in [3.63, 3.8) is 0 Å². The summed E-state index contributed by atoms with van der Waals surface area (Å²) in [5.74, 6) is 0. The van der Waals surface area contributed by atoms with Gasteiger partial charge in [-0.15, -0.1) is 0 Å². The Bertz CT molecular complexity index is 1270. The fraction of sp³-hybridized carbons (Fsp3) is 0.0435. The second-order valence-corrected chi connectivity index (χ2v) is 6.64. The Morgan fingerprint density at radius 2 is 1.68 bits per heavy atom. The Kier molecular flexibility index (Phi) is 3.91. The molecule has 5 nitrogen and oxygen atoms in total. The Hall–Kier alpha value is -3.86. The summed E-state index contributed by atoms with van der Waals surface area (Å²) in [7, 11) is 0. The molecule has 1 aromatic carbocycles. The molecule has 4 heterocycles. The molecule has 0 aliphatic carbocycles. The molecule has 0 aliphatic rings. The van der Waals surface area contributed by atoms with Crippen LogP contribution in [0.1, 0.15) is 5.69 Å². The molecule has 5 heteroatoms. The van der Waals surface area contributed by atoms with Crippen molar-refractivity contribution in [1.29, 1.82) is 0 Å². The van der Waals surface area contributed by atoms with Crippen molar-refractivity contribution in [1.82, 2.24) is 24.9 Å². The zero-order chi connectivity index (χ0) is 18.9.